The minimum absolute atomic E-state index is 0.0465. The molecule has 2 N–H and O–H groups in total. The van der Waals surface area contributed by atoms with Gasteiger partial charge in [-0.25, -0.2) is 13.2 Å². The van der Waals surface area contributed by atoms with Crippen LogP contribution in [-0.4, -0.2) is 24.1 Å². The number of nitrogens with zero attached hydrogens (tertiary/aromatic N) is 1. The van der Waals surface area contributed by atoms with Crippen molar-refractivity contribution in [2.24, 2.45) is 0 Å². The first-order chi connectivity index (χ1) is 15.5. The monoisotopic (exact) mass is 462 g/mol. The molecular weight excluding hydrogens is 436 g/mol. The van der Waals surface area contributed by atoms with Crippen molar-refractivity contribution < 1.29 is 18.3 Å². The Kier molecular flexibility index (Phi) is 5.76. The lowest BCUT2D eigenvalue weighted by Crippen LogP contribution is -2.15. The van der Waals surface area contributed by atoms with Crippen LogP contribution in [0.1, 0.15) is 42.3 Å². The molecule has 0 unspecified atom stereocenters. The minimum Gasteiger partial charge on any atom is -0.478 e. The number of benzene rings is 3. The van der Waals surface area contributed by atoms with E-state index in [1.165, 1.54) is 0 Å². The second-order valence-corrected chi connectivity index (χ2v) is 10.8. The molecule has 0 fully saturated rings. The average molecular weight is 463 g/mol. The van der Waals surface area contributed by atoms with E-state index >= 15 is 0 Å². The van der Waals surface area contributed by atoms with Gasteiger partial charge >= 0.3 is 5.97 Å². The van der Waals surface area contributed by atoms with Crippen molar-refractivity contribution in [2.45, 2.75) is 37.6 Å². The van der Waals surface area contributed by atoms with Gasteiger partial charge < -0.3 is 9.67 Å². The second kappa shape index (κ2) is 8.41. The number of aromatic nitrogens is 1. The SMILES string of the molecule is CC(C)(C)c1ccc(S(=O)(=O)Nc2ccc(Cn3ccc4cc(C(=O)O)ccc43)cc2)cc1. The van der Waals surface area contributed by atoms with Crippen LogP contribution in [0.5, 0.6) is 0 Å². The summed E-state index contributed by atoms with van der Waals surface area (Å²) in [5, 5.41) is 10.0. The van der Waals surface area contributed by atoms with Crippen LogP contribution in [0.15, 0.2) is 83.9 Å². The van der Waals surface area contributed by atoms with Gasteiger partial charge in [-0.2, -0.15) is 0 Å². The number of nitrogens with one attached hydrogen (secondary N) is 1. The second-order valence-electron chi connectivity index (χ2n) is 9.10. The third-order valence-corrected chi connectivity index (χ3v) is 7.00. The molecule has 4 aromatic rings. The van der Waals surface area contributed by atoms with Crippen molar-refractivity contribution in [2.75, 3.05) is 4.72 Å². The summed E-state index contributed by atoms with van der Waals surface area (Å²) in [5.74, 6) is -0.951. The molecule has 0 aliphatic heterocycles. The number of rotatable bonds is 6. The van der Waals surface area contributed by atoms with Gasteiger partial charge in [-0.15, -0.1) is 0 Å². The number of fused-ring (bicyclic) bond motifs is 1. The maximum absolute atomic E-state index is 12.8. The molecule has 6 nitrogen and oxygen atoms in total. The highest BCUT2D eigenvalue weighted by molar-refractivity contribution is 7.92. The van der Waals surface area contributed by atoms with E-state index in [1.807, 2.05) is 41.1 Å². The molecule has 4 rings (SSSR count). The highest BCUT2D eigenvalue weighted by Crippen LogP contribution is 2.25. The summed E-state index contributed by atoms with van der Waals surface area (Å²) in [4.78, 5) is 11.4. The molecule has 3 aromatic carbocycles. The first-order valence-electron chi connectivity index (χ1n) is 10.6. The summed E-state index contributed by atoms with van der Waals surface area (Å²) in [7, 11) is -3.68. The highest BCUT2D eigenvalue weighted by atomic mass is 32.2. The van der Waals surface area contributed by atoms with Crippen LogP contribution in [-0.2, 0) is 22.0 Å². The molecule has 0 saturated carbocycles. The zero-order valence-electron chi connectivity index (χ0n) is 18.7. The fourth-order valence-corrected chi connectivity index (χ4v) is 4.75. The Morgan fingerprint density at radius 3 is 2.21 bits per heavy atom. The molecule has 7 heteroatoms. The van der Waals surface area contributed by atoms with Crippen LogP contribution in [0.3, 0.4) is 0 Å². The molecule has 33 heavy (non-hydrogen) atoms. The molecule has 1 aromatic heterocycles. The van der Waals surface area contributed by atoms with Crippen LogP contribution in [0.4, 0.5) is 5.69 Å². The normalized spacial score (nSPS) is 12.1. The summed E-state index contributed by atoms with van der Waals surface area (Å²) in [5.41, 5.74) is 3.69. The smallest absolute Gasteiger partial charge is 0.335 e. The Bertz CT molecular complexity index is 1410. The molecule has 0 saturated heterocycles. The first-order valence-corrected chi connectivity index (χ1v) is 12.1. The largest absolute Gasteiger partial charge is 0.478 e. The van der Waals surface area contributed by atoms with E-state index in [0.29, 0.717) is 12.2 Å². The highest BCUT2D eigenvalue weighted by Gasteiger charge is 2.18. The average Bonchev–Trinajstić information content (AvgIpc) is 3.16. The van der Waals surface area contributed by atoms with Gasteiger partial charge in [-0.1, -0.05) is 45.0 Å². The molecular formula is C26H26N2O4S. The van der Waals surface area contributed by atoms with Gasteiger partial charge in [0.25, 0.3) is 10.0 Å². The number of sulfonamides is 1. The summed E-state index contributed by atoms with van der Waals surface area (Å²) in [6.07, 6.45) is 1.91. The maximum Gasteiger partial charge on any atom is 0.335 e. The van der Waals surface area contributed by atoms with Gasteiger partial charge in [0.05, 0.1) is 10.5 Å². The zero-order valence-corrected chi connectivity index (χ0v) is 19.6. The minimum atomic E-state index is -3.68. The van der Waals surface area contributed by atoms with Gasteiger partial charge in [0.2, 0.25) is 0 Å². The molecule has 0 bridgehead atoms. The Balaban J connectivity index is 1.48. The van der Waals surface area contributed by atoms with Crippen LogP contribution in [0, 0.1) is 0 Å². The van der Waals surface area contributed by atoms with Crippen LogP contribution in [0.25, 0.3) is 10.9 Å². The van der Waals surface area contributed by atoms with E-state index in [0.717, 1.165) is 22.0 Å². The van der Waals surface area contributed by atoms with Crippen LogP contribution in [0.2, 0.25) is 0 Å². The summed E-state index contributed by atoms with van der Waals surface area (Å²) in [6.45, 7) is 6.83. The number of anilines is 1. The predicted molar refractivity (Wildman–Crippen MR) is 130 cm³/mol. The lowest BCUT2D eigenvalue weighted by Gasteiger charge is -2.19. The third kappa shape index (κ3) is 4.93. The predicted octanol–water partition coefficient (Wildman–Crippen LogP) is 5.49. The number of carboxylic acids is 1. The standard InChI is InChI=1S/C26H26N2O4S/c1-26(2,3)21-7-11-23(12-8-21)33(31,32)27-22-9-4-18(5-10-22)17-28-15-14-19-16-20(25(29)30)6-13-24(19)28/h4-16,27H,17H2,1-3H3,(H,29,30). The Morgan fingerprint density at radius 1 is 0.939 bits per heavy atom. The number of carboxylic acid groups (broad SMARTS) is 1. The number of aromatic carboxylic acids is 1. The van der Waals surface area contributed by atoms with Crippen molar-refractivity contribution >= 4 is 32.6 Å². The topological polar surface area (TPSA) is 88.4 Å². The van der Waals surface area contributed by atoms with Crippen molar-refractivity contribution in [3.63, 3.8) is 0 Å². The van der Waals surface area contributed by atoms with Crippen molar-refractivity contribution in [1.29, 1.82) is 0 Å². The van der Waals surface area contributed by atoms with E-state index in [9.17, 15) is 13.2 Å². The number of hydrogen-bond donors (Lipinski definition) is 2. The molecule has 0 radical (unpaired) electrons. The zero-order chi connectivity index (χ0) is 23.8. The Labute approximate surface area is 193 Å². The molecule has 0 atom stereocenters. The Hall–Kier alpha value is -3.58. The first kappa shape index (κ1) is 22.6. The van der Waals surface area contributed by atoms with Gasteiger partial charge in [0.1, 0.15) is 0 Å². The summed E-state index contributed by atoms with van der Waals surface area (Å²) < 4.78 is 30.2. The maximum atomic E-state index is 12.8. The van der Waals surface area contributed by atoms with E-state index in [4.69, 9.17) is 5.11 Å². The molecule has 1 heterocycles. The number of carbonyl (C=O) groups is 1. The van der Waals surface area contributed by atoms with Gasteiger partial charge in [-0.3, -0.25) is 4.72 Å². The lowest BCUT2D eigenvalue weighted by atomic mass is 9.87. The van der Waals surface area contributed by atoms with Gasteiger partial charge in [0.15, 0.2) is 0 Å². The van der Waals surface area contributed by atoms with Crippen molar-refractivity contribution in [1.82, 2.24) is 4.57 Å². The molecule has 0 aliphatic rings. The Morgan fingerprint density at radius 2 is 1.61 bits per heavy atom. The number of hydrogen-bond acceptors (Lipinski definition) is 3. The van der Waals surface area contributed by atoms with Gasteiger partial charge in [-0.05, 0) is 65.1 Å². The molecule has 0 spiro atoms. The van der Waals surface area contributed by atoms with E-state index in [2.05, 4.69) is 25.5 Å². The van der Waals surface area contributed by atoms with Crippen molar-refractivity contribution in [3.8, 4) is 0 Å². The van der Waals surface area contributed by atoms with Crippen LogP contribution < -0.4 is 4.72 Å². The quantitative estimate of drug-likeness (QED) is 0.397. The molecule has 0 amide bonds. The fourth-order valence-electron chi connectivity index (χ4n) is 3.69. The fraction of sp³-hybridized carbons (Fsp3) is 0.192. The summed E-state index contributed by atoms with van der Waals surface area (Å²) in [6, 6.07) is 21.1. The third-order valence-electron chi connectivity index (χ3n) is 5.61. The van der Waals surface area contributed by atoms with E-state index in [1.54, 1.807) is 42.5 Å². The summed E-state index contributed by atoms with van der Waals surface area (Å²) >= 11 is 0. The van der Waals surface area contributed by atoms with E-state index < -0.39 is 16.0 Å². The molecule has 0 aliphatic carbocycles. The lowest BCUT2D eigenvalue weighted by molar-refractivity contribution is 0.0697. The van der Waals surface area contributed by atoms with E-state index in [-0.39, 0.29) is 15.9 Å². The van der Waals surface area contributed by atoms with Crippen LogP contribution >= 0.6 is 0 Å². The molecule has 170 valence electrons. The van der Waals surface area contributed by atoms with Gasteiger partial charge in [0, 0.05) is 29.3 Å². The van der Waals surface area contributed by atoms with Crippen molar-refractivity contribution in [3.05, 3.63) is 95.7 Å².